The van der Waals surface area contributed by atoms with E-state index in [-0.39, 0.29) is 28.3 Å². The number of aromatic nitrogens is 3. The van der Waals surface area contributed by atoms with Gasteiger partial charge in [-0.25, -0.2) is 9.37 Å². The number of pyridine rings is 2. The number of benzene rings is 1. The molecule has 0 saturated carbocycles. The number of halogens is 1. The molecule has 180 valence electrons. The number of hydrogen-bond donors (Lipinski definition) is 2. The van der Waals surface area contributed by atoms with Gasteiger partial charge in [-0.05, 0) is 63.2 Å². The quantitative estimate of drug-likeness (QED) is 0.339. The van der Waals surface area contributed by atoms with Gasteiger partial charge in [-0.15, -0.1) is 0 Å². The maximum atomic E-state index is 14.1. The predicted octanol–water partition coefficient (Wildman–Crippen LogP) is 5.45. The van der Waals surface area contributed by atoms with Crippen molar-refractivity contribution in [1.29, 1.82) is 0 Å². The van der Waals surface area contributed by atoms with Crippen LogP contribution in [0.4, 0.5) is 15.8 Å². The van der Waals surface area contributed by atoms with Gasteiger partial charge < -0.3 is 19.6 Å². The molecule has 5 aromatic rings. The molecule has 36 heavy (non-hydrogen) atoms. The Hall–Kier alpha value is -4.86. The van der Waals surface area contributed by atoms with Crippen LogP contribution in [0.5, 0.6) is 0 Å². The first kappa shape index (κ1) is 22.9. The average Bonchev–Trinajstić information content (AvgIpc) is 3.41. The summed E-state index contributed by atoms with van der Waals surface area (Å²) >= 11 is 0. The Morgan fingerprint density at radius 1 is 0.944 bits per heavy atom. The van der Waals surface area contributed by atoms with Crippen molar-refractivity contribution in [3.8, 4) is 11.3 Å². The Balaban J connectivity index is 1.53. The fourth-order valence-electron chi connectivity index (χ4n) is 3.90. The molecule has 1 aromatic carbocycles. The monoisotopic (exact) mass is 485 g/mol. The molecule has 0 atom stereocenters. The van der Waals surface area contributed by atoms with E-state index in [1.54, 1.807) is 38.1 Å². The van der Waals surface area contributed by atoms with Gasteiger partial charge in [0.25, 0.3) is 17.5 Å². The van der Waals surface area contributed by atoms with E-state index in [0.717, 1.165) is 6.07 Å². The Bertz CT molecular complexity index is 1620. The third-order valence-electron chi connectivity index (χ3n) is 5.55. The lowest BCUT2D eigenvalue weighted by molar-refractivity contribution is 0.101. The molecule has 4 heterocycles. The summed E-state index contributed by atoms with van der Waals surface area (Å²) in [5.41, 5.74) is 2.47. The van der Waals surface area contributed by atoms with Gasteiger partial charge in [0.15, 0.2) is 0 Å². The summed E-state index contributed by atoms with van der Waals surface area (Å²) in [6, 6.07) is 12.0. The average molecular weight is 485 g/mol. The van der Waals surface area contributed by atoms with Crippen LogP contribution in [0.15, 0.2) is 63.7 Å². The summed E-state index contributed by atoms with van der Waals surface area (Å²) in [6.45, 7) is 5.30. The summed E-state index contributed by atoms with van der Waals surface area (Å²) in [6.07, 6.45) is 1.49. The van der Waals surface area contributed by atoms with Gasteiger partial charge in [0.1, 0.15) is 23.0 Å². The topological polar surface area (TPSA) is 123 Å². The Kier molecular flexibility index (Phi) is 5.77. The van der Waals surface area contributed by atoms with Crippen LogP contribution in [0.3, 0.4) is 0 Å². The van der Waals surface area contributed by atoms with Crippen molar-refractivity contribution in [2.24, 2.45) is 0 Å². The molecule has 4 aromatic heterocycles. The van der Waals surface area contributed by atoms with Crippen LogP contribution in [0.2, 0.25) is 0 Å². The molecule has 0 saturated heterocycles. The van der Waals surface area contributed by atoms with Gasteiger partial charge in [-0.2, -0.15) is 0 Å². The molecule has 0 spiro atoms. The minimum absolute atomic E-state index is 0.0697. The van der Waals surface area contributed by atoms with Crippen LogP contribution in [0.25, 0.3) is 22.4 Å². The van der Waals surface area contributed by atoms with Gasteiger partial charge in [0.2, 0.25) is 0 Å². The number of nitrogens with zero attached hydrogens (tertiary/aromatic N) is 3. The normalized spacial score (nSPS) is 11.0. The Morgan fingerprint density at radius 3 is 2.47 bits per heavy atom. The molecule has 0 radical (unpaired) electrons. The van der Waals surface area contributed by atoms with Crippen LogP contribution in [0.1, 0.15) is 38.1 Å². The van der Waals surface area contributed by atoms with Crippen molar-refractivity contribution in [2.45, 2.75) is 20.8 Å². The van der Waals surface area contributed by atoms with Gasteiger partial charge in [-0.3, -0.25) is 14.6 Å². The zero-order valence-corrected chi connectivity index (χ0v) is 19.5. The minimum Gasteiger partial charge on any atom is -0.466 e. The number of anilines is 2. The standard InChI is InChI=1S/C26H20FN5O4/c1-13-10-17(15(3)35-13)21-12-18(23-14(2)32-36-26(23)31-21)24(33)30-22-11-16(27)7-8-19(22)29-25(34)20-6-4-5-9-28-20/h4-12H,1-3H3,(H,29,34)(H,30,33). The largest absolute Gasteiger partial charge is 0.466 e. The first-order valence-electron chi connectivity index (χ1n) is 11.0. The van der Waals surface area contributed by atoms with Crippen LogP contribution in [0, 0.1) is 26.6 Å². The third kappa shape index (κ3) is 4.31. The molecule has 0 bridgehead atoms. The second kappa shape index (κ2) is 9.06. The summed E-state index contributed by atoms with van der Waals surface area (Å²) in [7, 11) is 0. The molecule has 2 N–H and O–H groups in total. The smallest absolute Gasteiger partial charge is 0.274 e. The van der Waals surface area contributed by atoms with Crippen molar-refractivity contribution < 1.29 is 22.9 Å². The van der Waals surface area contributed by atoms with Crippen molar-refractivity contribution >= 4 is 34.3 Å². The zero-order chi connectivity index (χ0) is 25.4. The van der Waals surface area contributed by atoms with Crippen molar-refractivity contribution in [2.75, 3.05) is 10.6 Å². The van der Waals surface area contributed by atoms with Gasteiger partial charge in [-0.1, -0.05) is 11.2 Å². The van der Waals surface area contributed by atoms with E-state index < -0.39 is 17.6 Å². The van der Waals surface area contributed by atoms with E-state index in [4.69, 9.17) is 8.94 Å². The highest BCUT2D eigenvalue weighted by Gasteiger charge is 2.22. The first-order valence-corrected chi connectivity index (χ1v) is 11.0. The lowest BCUT2D eigenvalue weighted by atomic mass is 10.1. The van der Waals surface area contributed by atoms with E-state index >= 15 is 0 Å². The maximum absolute atomic E-state index is 14.1. The number of fused-ring (bicyclic) bond motifs is 1. The maximum Gasteiger partial charge on any atom is 0.274 e. The second-order valence-electron chi connectivity index (χ2n) is 8.14. The van der Waals surface area contributed by atoms with E-state index in [9.17, 15) is 14.0 Å². The molecule has 0 aliphatic carbocycles. The van der Waals surface area contributed by atoms with E-state index in [2.05, 4.69) is 25.8 Å². The molecule has 10 heteroatoms. The van der Waals surface area contributed by atoms with E-state index in [0.29, 0.717) is 33.9 Å². The second-order valence-corrected chi connectivity index (χ2v) is 8.14. The molecule has 2 amide bonds. The van der Waals surface area contributed by atoms with Crippen molar-refractivity contribution in [3.05, 3.63) is 89.0 Å². The molecule has 0 fully saturated rings. The molecular formula is C26H20FN5O4. The minimum atomic E-state index is -0.590. The molecule has 0 aliphatic heterocycles. The van der Waals surface area contributed by atoms with E-state index in [1.165, 1.54) is 18.3 Å². The Morgan fingerprint density at radius 2 is 1.75 bits per heavy atom. The third-order valence-corrected chi connectivity index (χ3v) is 5.55. The lowest BCUT2D eigenvalue weighted by Gasteiger charge is -2.13. The summed E-state index contributed by atoms with van der Waals surface area (Å²) in [5.74, 6) is -0.338. The van der Waals surface area contributed by atoms with Crippen LogP contribution in [-0.2, 0) is 0 Å². The van der Waals surface area contributed by atoms with Gasteiger partial charge >= 0.3 is 0 Å². The molecular weight excluding hydrogens is 465 g/mol. The highest BCUT2D eigenvalue weighted by atomic mass is 19.1. The van der Waals surface area contributed by atoms with Crippen molar-refractivity contribution in [3.63, 3.8) is 0 Å². The van der Waals surface area contributed by atoms with Crippen LogP contribution in [-0.4, -0.2) is 26.9 Å². The summed E-state index contributed by atoms with van der Waals surface area (Å²) < 4.78 is 25.1. The zero-order valence-electron chi connectivity index (χ0n) is 19.5. The predicted molar refractivity (Wildman–Crippen MR) is 130 cm³/mol. The lowest BCUT2D eigenvalue weighted by Crippen LogP contribution is -2.18. The molecule has 5 rings (SSSR count). The van der Waals surface area contributed by atoms with Gasteiger partial charge in [0, 0.05) is 11.8 Å². The summed E-state index contributed by atoms with van der Waals surface area (Å²) in [4.78, 5) is 34.6. The summed E-state index contributed by atoms with van der Waals surface area (Å²) in [5, 5.41) is 9.73. The molecule has 0 unspecified atom stereocenters. The fraction of sp³-hybridized carbons (Fsp3) is 0.115. The highest BCUT2D eigenvalue weighted by Crippen LogP contribution is 2.32. The number of carbonyl (C=O) groups is 2. The van der Waals surface area contributed by atoms with Crippen molar-refractivity contribution in [1.82, 2.24) is 15.1 Å². The first-order chi connectivity index (χ1) is 17.3. The number of hydrogen-bond acceptors (Lipinski definition) is 7. The fourth-order valence-corrected chi connectivity index (χ4v) is 3.90. The number of amides is 2. The number of aryl methyl sites for hydroxylation is 3. The highest BCUT2D eigenvalue weighted by molar-refractivity contribution is 6.15. The molecule has 9 nitrogen and oxygen atoms in total. The van der Waals surface area contributed by atoms with Crippen LogP contribution >= 0.6 is 0 Å². The number of nitrogens with one attached hydrogen (secondary N) is 2. The number of furan rings is 1. The number of carbonyl (C=O) groups excluding carboxylic acids is 2. The van der Waals surface area contributed by atoms with Crippen LogP contribution < -0.4 is 10.6 Å². The van der Waals surface area contributed by atoms with Gasteiger partial charge in [0.05, 0.1) is 33.7 Å². The van der Waals surface area contributed by atoms with E-state index in [1.807, 2.05) is 13.0 Å². The number of rotatable bonds is 5. The molecule has 0 aliphatic rings. The SMILES string of the molecule is Cc1cc(-c2cc(C(=O)Nc3cc(F)ccc3NC(=O)c3ccccn3)c3c(C)noc3n2)c(C)o1. The Labute approximate surface area is 204 Å².